The van der Waals surface area contributed by atoms with E-state index in [2.05, 4.69) is 27.6 Å². The highest BCUT2D eigenvalue weighted by Gasteiger charge is 2.26. The van der Waals surface area contributed by atoms with Crippen LogP contribution in [0, 0.1) is 11.3 Å². The number of hydrogen-bond donors (Lipinski definition) is 2. The zero-order valence-corrected chi connectivity index (χ0v) is 19.4. The molecule has 8 nitrogen and oxygen atoms in total. The average Bonchev–Trinajstić information content (AvgIpc) is 3.49. The van der Waals surface area contributed by atoms with E-state index in [0.29, 0.717) is 48.0 Å². The highest BCUT2D eigenvalue weighted by atomic mass is 16.5. The van der Waals surface area contributed by atoms with Crippen molar-refractivity contribution >= 4 is 5.78 Å². The van der Waals surface area contributed by atoms with Crippen molar-refractivity contribution in [2.24, 2.45) is 0 Å². The lowest BCUT2D eigenvalue weighted by molar-refractivity contribution is -0.118. The fraction of sp³-hybridized carbons (Fsp3) is 0.385. The van der Waals surface area contributed by atoms with Gasteiger partial charge >= 0.3 is 0 Å². The van der Waals surface area contributed by atoms with Crippen molar-refractivity contribution in [3.05, 3.63) is 53.1 Å². The fourth-order valence-corrected chi connectivity index (χ4v) is 4.23. The number of benzene rings is 2. The predicted octanol–water partition coefficient (Wildman–Crippen LogP) is 3.98. The largest absolute Gasteiger partial charge is 0.490 e. The third-order valence-electron chi connectivity index (χ3n) is 5.81. The number of aromatic nitrogens is 2. The van der Waals surface area contributed by atoms with E-state index >= 15 is 0 Å². The molecule has 0 saturated carbocycles. The second-order valence-electron chi connectivity index (χ2n) is 8.62. The van der Waals surface area contributed by atoms with Crippen molar-refractivity contribution in [2.45, 2.75) is 51.7 Å². The first kappa shape index (κ1) is 23.6. The molecule has 2 aromatic carbocycles. The lowest BCUT2D eigenvalue weighted by Gasteiger charge is -2.14. The van der Waals surface area contributed by atoms with E-state index in [-0.39, 0.29) is 24.5 Å². The number of nitriles is 1. The third-order valence-corrected chi connectivity index (χ3v) is 5.81. The van der Waals surface area contributed by atoms with Gasteiger partial charge in [0.25, 0.3) is 5.89 Å². The molecule has 8 heteroatoms. The summed E-state index contributed by atoms with van der Waals surface area (Å²) in [6, 6.07) is 13.5. The number of carbonyl (C=O) groups is 1. The lowest BCUT2D eigenvalue weighted by atomic mass is 10.0. The summed E-state index contributed by atoms with van der Waals surface area (Å²) in [4.78, 5) is 16.6. The van der Waals surface area contributed by atoms with E-state index in [1.165, 1.54) is 0 Å². The molecule has 3 aromatic rings. The number of aliphatic hydroxyl groups excluding tert-OH is 1. The summed E-state index contributed by atoms with van der Waals surface area (Å²) in [6.07, 6.45) is 2.57. The number of ketones is 1. The van der Waals surface area contributed by atoms with Crippen molar-refractivity contribution in [2.75, 3.05) is 13.2 Å². The Kier molecular flexibility index (Phi) is 7.36. The van der Waals surface area contributed by atoms with Crippen LogP contribution in [-0.4, -0.2) is 40.3 Å². The van der Waals surface area contributed by atoms with Gasteiger partial charge in [-0.2, -0.15) is 10.2 Å². The molecule has 1 aliphatic rings. The summed E-state index contributed by atoms with van der Waals surface area (Å²) in [5.41, 5.74) is 4.26. The van der Waals surface area contributed by atoms with Crippen LogP contribution in [0.25, 0.3) is 22.8 Å². The summed E-state index contributed by atoms with van der Waals surface area (Å²) < 4.78 is 11.2. The summed E-state index contributed by atoms with van der Waals surface area (Å²) in [5, 5.41) is 25.9. The third kappa shape index (κ3) is 5.16. The minimum atomic E-state index is -0.0369. The van der Waals surface area contributed by atoms with Crippen molar-refractivity contribution in [1.82, 2.24) is 15.5 Å². The summed E-state index contributed by atoms with van der Waals surface area (Å²) in [7, 11) is 0. The van der Waals surface area contributed by atoms with Gasteiger partial charge in [-0.3, -0.25) is 4.79 Å². The maximum Gasteiger partial charge on any atom is 0.258 e. The van der Waals surface area contributed by atoms with Crippen LogP contribution in [0.1, 0.15) is 55.8 Å². The second kappa shape index (κ2) is 10.6. The minimum Gasteiger partial charge on any atom is -0.490 e. The van der Waals surface area contributed by atoms with Gasteiger partial charge in [0.05, 0.1) is 18.2 Å². The zero-order chi connectivity index (χ0) is 24.1. The lowest BCUT2D eigenvalue weighted by Crippen LogP contribution is -2.26. The van der Waals surface area contributed by atoms with E-state index in [9.17, 15) is 10.1 Å². The first-order chi connectivity index (χ1) is 16.5. The standard InChI is InChI=1S/C26H28N4O4/c1-16(2)33-24-11-8-17(13-18(24)14-27)26-29-25(30-34-26)22-7-3-6-21-20(22)9-10-23(21)28-15-19(32)5-4-12-31/h3,6-8,11,13,16,23,28,31H,4-5,9-10,12,15H2,1-2H3/t23-/m1/s1. The summed E-state index contributed by atoms with van der Waals surface area (Å²) >= 11 is 0. The molecule has 0 fully saturated rings. The Bertz CT molecular complexity index is 1210. The monoisotopic (exact) mass is 460 g/mol. The van der Waals surface area contributed by atoms with Crippen LogP contribution in [0.5, 0.6) is 5.75 Å². The number of nitrogens with one attached hydrogen (secondary N) is 1. The van der Waals surface area contributed by atoms with Gasteiger partial charge in [0.1, 0.15) is 17.6 Å². The molecule has 2 N–H and O–H groups in total. The molecule has 0 amide bonds. The highest BCUT2D eigenvalue weighted by Crippen LogP contribution is 2.37. The minimum absolute atomic E-state index is 0.0295. The maximum atomic E-state index is 12.0. The topological polar surface area (TPSA) is 121 Å². The van der Waals surface area contributed by atoms with Crippen LogP contribution < -0.4 is 10.1 Å². The molecule has 0 radical (unpaired) electrons. The number of Topliss-reactive ketones (excluding diaryl/α,β-unsaturated/α-hetero) is 1. The number of fused-ring (bicyclic) bond motifs is 1. The maximum absolute atomic E-state index is 12.0. The van der Waals surface area contributed by atoms with Gasteiger partial charge < -0.3 is 19.7 Å². The molecule has 0 spiro atoms. The molecular weight excluding hydrogens is 432 g/mol. The van der Waals surface area contributed by atoms with Gasteiger partial charge in [-0.15, -0.1) is 0 Å². The molecule has 1 aromatic heterocycles. The van der Waals surface area contributed by atoms with E-state index in [0.717, 1.165) is 29.5 Å². The van der Waals surface area contributed by atoms with E-state index in [1.54, 1.807) is 18.2 Å². The molecule has 0 bridgehead atoms. The van der Waals surface area contributed by atoms with Gasteiger partial charge in [-0.1, -0.05) is 23.4 Å². The highest BCUT2D eigenvalue weighted by molar-refractivity contribution is 5.80. The van der Waals surface area contributed by atoms with Gasteiger partial charge in [0.2, 0.25) is 5.82 Å². The Hall–Kier alpha value is -3.54. The van der Waals surface area contributed by atoms with Crippen LogP contribution in [-0.2, 0) is 11.2 Å². The molecule has 0 aliphatic heterocycles. The second-order valence-corrected chi connectivity index (χ2v) is 8.62. The van der Waals surface area contributed by atoms with Crippen molar-refractivity contribution < 1.29 is 19.2 Å². The van der Waals surface area contributed by atoms with E-state index < -0.39 is 0 Å². The smallest absolute Gasteiger partial charge is 0.258 e. The predicted molar refractivity (Wildman–Crippen MR) is 126 cm³/mol. The number of aliphatic hydroxyl groups is 1. The SMILES string of the molecule is CC(C)Oc1ccc(-c2nc(-c3cccc4c3CC[C@H]4NCC(=O)CCCO)no2)cc1C#N. The Balaban J connectivity index is 1.53. The molecule has 0 unspecified atom stereocenters. The zero-order valence-electron chi connectivity index (χ0n) is 19.4. The first-order valence-corrected chi connectivity index (χ1v) is 11.5. The van der Waals surface area contributed by atoms with Crippen LogP contribution >= 0.6 is 0 Å². The van der Waals surface area contributed by atoms with Gasteiger partial charge in [-0.25, -0.2) is 0 Å². The van der Waals surface area contributed by atoms with Crippen LogP contribution in [0.2, 0.25) is 0 Å². The number of rotatable bonds is 10. The number of ether oxygens (including phenoxy) is 1. The molecule has 4 rings (SSSR count). The Morgan fingerprint density at radius 2 is 2.21 bits per heavy atom. The van der Waals surface area contributed by atoms with E-state index in [4.69, 9.17) is 14.4 Å². The molecule has 1 aliphatic carbocycles. The van der Waals surface area contributed by atoms with Gasteiger partial charge in [0, 0.05) is 30.2 Å². The normalized spacial score (nSPS) is 14.7. The van der Waals surface area contributed by atoms with Gasteiger partial charge in [0.15, 0.2) is 0 Å². The van der Waals surface area contributed by atoms with Gasteiger partial charge in [-0.05, 0) is 62.4 Å². The Morgan fingerprint density at radius 1 is 1.35 bits per heavy atom. The average molecular weight is 461 g/mol. The fourth-order valence-electron chi connectivity index (χ4n) is 4.23. The Labute approximate surface area is 198 Å². The quantitative estimate of drug-likeness (QED) is 0.466. The molecule has 176 valence electrons. The molecule has 1 atom stereocenters. The Morgan fingerprint density at radius 3 is 2.97 bits per heavy atom. The summed E-state index contributed by atoms with van der Waals surface area (Å²) in [6.45, 7) is 4.14. The van der Waals surface area contributed by atoms with Crippen molar-refractivity contribution in [3.8, 4) is 34.7 Å². The number of nitrogens with zero attached hydrogens (tertiary/aromatic N) is 3. The van der Waals surface area contributed by atoms with Crippen LogP contribution in [0.3, 0.4) is 0 Å². The van der Waals surface area contributed by atoms with Crippen LogP contribution in [0.4, 0.5) is 0 Å². The first-order valence-electron chi connectivity index (χ1n) is 11.5. The van der Waals surface area contributed by atoms with Crippen LogP contribution in [0.15, 0.2) is 40.9 Å². The molecule has 0 saturated heterocycles. The number of carbonyl (C=O) groups excluding carboxylic acids is 1. The molecule has 34 heavy (non-hydrogen) atoms. The van der Waals surface area contributed by atoms with Crippen molar-refractivity contribution in [1.29, 1.82) is 5.26 Å². The summed E-state index contributed by atoms with van der Waals surface area (Å²) in [5.74, 6) is 1.45. The number of hydrogen-bond acceptors (Lipinski definition) is 8. The molecular formula is C26H28N4O4. The van der Waals surface area contributed by atoms with Crippen molar-refractivity contribution in [3.63, 3.8) is 0 Å². The molecule has 1 heterocycles. The van der Waals surface area contributed by atoms with E-state index in [1.807, 2.05) is 26.0 Å².